The number of sulfonamides is 1. The summed E-state index contributed by atoms with van der Waals surface area (Å²) in [5, 5.41) is 10.5. The van der Waals surface area contributed by atoms with Crippen LogP contribution in [0.5, 0.6) is 0 Å². The lowest BCUT2D eigenvalue weighted by Crippen LogP contribution is -2.24. The van der Waals surface area contributed by atoms with Gasteiger partial charge >= 0.3 is 0 Å². The van der Waals surface area contributed by atoms with Gasteiger partial charge in [0.2, 0.25) is 21.8 Å². The van der Waals surface area contributed by atoms with Crippen molar-refractivity contribution in [3.05, 3.63) is 59.7 Å². The van der Waals surface area contributed by atoms with Crippen LogP contribution in [0.15, 0.2) is 53.4 Å². The molecule has 0 saturated heterocycles. The molecule has 0 spiro atoms. The summed E-state index contributed by atoms with van der Waals surface area (Å²) in [7, 11) is -3.72. The fraction of sp³-hybridized carbons (Fsp3) is 0.176. The number of nitrogens with two attached hydrogens (primary N) is 1. The number of amides is 2. The molecule has 8 heteroatoms. The second-order valence-electron chi connectivity index (χ2n) is 5.52. The first kappa shape index (κ1) is 18.6. The summed E-state index contributed by atoms with van der Waals surface area (Å²) < 4.78 is 22.4. The van der Waals surface area contributed by atoms with E-state index in [9.17, 15) is 18.0 Å². The number of anilines is 1. The lowest BCUT2D eigenvalue weighted by Gasteiger charge is -2.07. The van der Waals surface area contributed by atoms with E-state index in [-0.39, 0.29) is 29.7 Å². The molecule has 0 heterocycles. The number of hydrogen-bond acceptors (Lipinski definition) is 4. The number of benzene rings is 2. The van der Waals surface area contributed by atoms with E-state index in [1.807, 2.05) is 0 Å². The van der Waals surface area contributed by atoms with Gasteiger partial charge in [0.1, 0.15) is 0 Å². The first-order chi connectivity index (χ1) is 11.7. The number of nitrogens with one attached hydrogen (secondary N) is 2. The molecule has 0 bridgehead atoms. The van der Waals surface area contributed by atoms with Crippen molar-refractivity contribution in [2.45, 2.75) is 24.8 Å². The molecular weight excluding hydrogens is 342 g/mol. The minimum Gasteiger partial charge on any atom is -0.352 e. The zero-order chi connectivity index (χ0) is 18.4. The van der Waals surface area contributed by atoms with Gasteiger partial charge in [-0.25, -0.2) is 13.6 Å². The van der Waals surface area contributed by atoms with Gasteiger partial charge in [0.05, 0.1) is 11.3 Å². The maximum Gasteiger partial charge on any atom is 0.238 e. The molecule has 0 atom stereocenters. The van der Waals surface area contributed by atoms with Crippen LogP contribution in [0, 0.1) is 0 Å². The Morgan fingerprint density at radius 3 is 2.04 bits per heavy atom. The molecule has 7 nitrogen and oxygen atoms in total. The number of hydrogen-bond donors (Lipinski definition) is 3. The van der Waals surface area contributed by atoms with Crippen molar-refractivity contribution in [1.29, 1.82) is 0 Å². The third-order valence-electron chi connectivity index (χ3n) is 3.38. The van der Waals surface area contributed by atoms with E-state index in [4.69, 9.17) is 5.14 Å². The summed E-state index contributed by atoms with van der Waals surface area (Å²) in [4.78, 5) is 23.0. The second-order valence-corrected chi connectivity index (χ2v) is 7.08. The van der Waals surface area contributed by atoms with E-state index in [2.05, 4.69) is 10.6 Å². The third-order valence-corrected chi connectivity index (χ3v) is 4.31. The molecule has 0 radical (unpaired) electrons. The average Bonchev–Trinajstić information content (AvgIpc) is 2.54. The fourth-order valence-corrected chi connectivity index (χ4v) is 2.67. The van der Waals surface area contributed by atoms with Gasteiger partial charge in [0.25, 0.3) is 0 Å². The number of carbonyl (C=O) groups is 2. The Bertz CT molecular complexity index is 860. The molecule has 0 aliphatic carbocycles. The van der Waals surface area contributed by atoms with Crippen LogP contribution in [0.2, 0.25) is 0 Å². The quantitative estimate of drug-likeness (QED) is 0.715. The highest BCUT2D eigenvalue weighted by atomic mass is 32.2. The van der Waals surface area contributed by atoms with Crippen molar-refractivity contribution in [2.75, 3.05) is 5.32 Å². The molecule has 0 aromatic heterocycles. The smallest absolute Gasteiger partial charge is 0.238 e. The Kier molecular flexibility index (Phi) is 5.89. The molecule has 2 aromatic rings. The van der Waals surface area contributed by atoms with Gasteiger partial charge in [-0.1, -0.05) is 24.3 Å². The van der Waals surface area contributed by atoms with Gasteiger partial charge in [-0.2, -0.15) is 0 Å². The first-order valence-corrected chi connectivity index (χ1v) is 9.03. The maximum atomic E-state index is 12.0. The molecule has 0 unspecified atom stereocenters. The van der Waals surface area contributed by atoms with Crippen LogP contribution in [0.25, 0.3) is 0 Å². The van der Waals surface area contributed by atoms with Gasteiger partial charge in [0.15, 0.2) is 0 Å². The van der Waals surface area contributed by atoms with Crippen LogP contribution in [0.1, 0.15) is 18.1 Å². The van der Waals surface area contributed by atoms with Crippen LogP contribution in [-0.4, -0.2) is 20.2 Å². The Morgan fingerprint density at radius 1 is 0.960 bits per heavy atom. The van der Waals surface area contributed by atoms with Crippen molar-refractivity contribution in [3.63, 3.8) is 0 Å². The maximum absolute atomic E-state index is 12.0. The number of rotatable bonds is 6. The lowest BCUT2D eigenvalue weighted by molar-refractivity contribution is -0.120. The van der Waals surface area contributed by atoms with Crippen molar-refractivity contribution >= 4 is 27.5 Å². The Labute approximate surface area is 146 Å². The summed E-state index contributed by atoms with van der Waals surface area (Å²) in [6.45, 7) is 1.71. The molecule has 2 aromatic carbocycles. The van der Waals surface area contributed by atoms with E-state index in [0.29, 0.717) is 5.69 Å². The predicted octanol–water partition coefficient (Wildman–Crippen LogP) is 1.15. The second kappa shape index (κ2) is 7.91. The topological polar surface area (TPSA) is 118 Å². The largest absolute Gasteiger partial charge is 0.352 e. The molecule has 4 N–H and O–H groups in total. The van der Waals surface area contributed by atoms with Crippen LogP contribution >= 0.6 is 0 Å². The highest BCUT2D eigenvalue weighted by Gasteiger charge is 2.08. The monoisotopic (exact) mass is 361 g/mol. The Morgan fingerprint density at radius 2 is 1.52 bits per heavy atom. The summed E-state index contributed by atoms with van der Waals surface area (Å²) in [6.07, 6.45) is 0.204. The SMILES string of the molecule is CC(=O)Nc1ccc(CC(=O)NCc2ccc(S(N)(=O)=O)cc2)cc1. The normalized spacial score (nSPS) is 11.0. The molecule has 0 aliphatic rings. The van der Waals surface area contributed by atoms with Crippen LogP contribution in [-0.2, 0) is 32.6 Å². The Balaban J connectivity index is 1.87. The fourth-order valence-electron chi connectivity index (χ4n) is 2.15. The van der Waals surface area contributed by atoms with Gasteiger partial charge in [-0.05, 0) is 35.4 Å². The van der Waals surface area contributed by atoms with Crippen molar-refractivity contribution in [3.8, 4) is 0 Å². The molecule has 0 aliphatic heterocycles. The molecule has 25 heavy (non-hydrogen) atoms. The zero-order valence-corrected chi connectivity index (χ0v) is 14.5. The van der Waals surface area contributed by atoms with E-state index < -0.39 is 10.0 Å². The van der Waals surface area contributed by atoms with Crippen molar-refractivity contribution in [1.82, 2.24) is 5.32 Å². The molecular formula is C17H19N3O4S. The highest BCUT2D eigenvalue weighted by Crippen LogP contribution is 2.11. The standard InChI is InChI=1S/C17H19N3O4S/c1-12(21)20-15-6-2-13(3-7-15)10-17(22)19-11-14-4-8-16(9-5-14)25(18,23)24/h2-9H,10-11H2,1H3,(H,19,22)(H,20,21)(H2,18,23,24). The number of primary sulfonamides is 1. The van der Waals surface area contributed by atoms with Crippen molar-refractivity contribution in [2.24, 2.45) is 5.14 Å². The summed E-state index contributed by atoms with van der Waals surface area (Å²) in [5.74, 6) is -0.318. The van der Waals surface area contributed by atoms with Gasteiger partial charge in [-0.15, -0.1) is 0 Å². The highest BCUT2D eigenvalue weighted by molar-refractivity contribution is 7.89. The van der Waals surface area contributed by atoms with E-state index in [1.165, 1.54) is 19.1 Å². The van der Waals surface area contributed by atoms with E-state index in [1.54, 1.807) is 36.4 Å². The van der Waals surface area contributed by atoms with Crippen LogP contribution in [0.4, 0.5) is 5.69 Å². The predicted molar refractivity (Wildman–Crippen MR) is 94.1 cm³/mol. The summed E-state index contributed by atoms with van der Waals surface area (Å²) in [6, 6.07) is 13.0. The van der Waals surface area contributed by atoms with Crippen molar-refractivity contribution < 1.29 is 18.0 Å². The number of carbonyl (C=O) groups excluding carboxylic acids is 2. The minimum atomic E-state index is -3.72. The molecule has 0 fully saturated rings. The third kappa shape index (κ3) is 6.02. The minimum absolute atomic E-state index is 0.0295. The van der Waals surface area contributed by atoms with Gasteiger partial charge in [-0.3, -0.25) is 9.59 Å². The first-order valence-electron chi connectivity index (χ1n) is 7.49. The van der Waals surface area contributed by atoms with E-state index >= 15 is 0 Å². The van der Waals surface area contributed by atoms with Crippen LogP contribution < -0.4 is 15.8 Å². The molecule has 2 amide bonds. The van der Waals surface area contributed by atoms with Gasteiger partial charge < -0.3 is 10.6 Å². The zero-order valence-electron chi connectivity index (χ0n) is 13.7. The lowest BCUT2D eigenvalue weighted by atomic mass is 10.1. The van der Waals surface area contributed by atoms with Gasteiger partial charge in [0, 0.05) is 19.2 Å². The Hall–Kier alpha value is -2.71. The summed E-state index contributed by atoms with van der Waals surface area (Å²) >= 11 is 0. The molecule has 2 rings (SSSR count). The average molecular weight is 361 g/mol. The molecule has 0 saturated carbocycles. The summed E-state index contributed by atoms with van der Waals surface area (Å²) in [5.41, 5.74) is 2.25. The van der Waals surface area contributed by atoms with Crippen LogP contribution in [0.3, 0.4) is 0 Å². The molecule has 132 valence electrons. The van der Waals surface area contributed by atoms with E-state index in [0.717, 1.165) is 11.1 Å².